The van der Waals surface area contributed by atoms with Crippen molar-refractivity contribution in [2.24, 2.45) is 0 Å². The first-order chi connectivity index (χ1) is 13.0. The highest BCUT2D eigenvalue weighted by Gasteiger charge is 2.25. The molecular weight excluding hydrogens is 357 g/mol. The largest absolute Gasteiger partial charge is 0.475 e. The van der Waals surface area contributed by atoms with Gasteiger partial charge in [-0.15, -0.1) is 5.10 Å². The van der Waals surface area contributed by atoms with Gasteiger partial charge in [0.25, 0.3) is 0 Å². The Kier molecular flexibility index (Phi) is 5.65. The fourth-order valence-electron chi connectivity index (χ4n) is 3.01. The zero-order valence-electron chi connectivity index (χ0n) is 14.9. The highest BCUT2D eigenvalue weighted by molar-refractivity contribution is 5.76. The number of hydrogen-bond acceptors (Lipinski definition) is 6. The van der Waals surface area contributed by atoms with Crippen LogP contribution in [-0.2, 0) is 17.9 Å². The van der Waals surface area contributed by atoms with Gasteiger partial charge >= 0.3 is 11.6 Å². The van der Waals surface area contributed by atoms with Crippen LogP contribution in [0.5, 0.6) is 5.88 Å². The lowest BCUT2D eigenvalue weighted by molar-refractivity contribution is -0.385. The molecule has 1 fully saturated rings. The molecule has 0 aliphatic carbocycles. The van der Waals surface area contributed by atoms with E-state index in [0.717, 1.165) is 0 Å². The van der Waals surface area contributed by atoms with E-state index in [-0.39, 0.29) is 29.8 Å². The molecule has 10 heteroatoms. The van der Waals surface area contributed by atoms with Crippen LogP contribution in [0.2, 0.25) is 0 Å². The monoisotopic (exact) mass is 377 g/mol. The van der Waals surface area contributed by atoms with Gasteiger partial charge < -0.3 is 9.64 Å². The zero-order chi connectivity index (χ0) is 19.4. The third kappa shape index (κ3) is 4.40. The Hall–Kier alpha value is -3.01. The van der Waals surface area contributed by atoms with Gasteiger partial charge in [0.1, 0.15) is 18.6 Å². The summed E-state index contributed by atoms with van der Waals surface area (Å²) in [5.74, 6) is -0.534. The van der Waals surface area contributed by atoms with E-state index >= 15 is 0 Å². The Labute approximate surface area is 155 Å². The maximum atomic E-state index is 13.8. The van der Waals surface area contributed by atoms with E-state index in [9.17, 15) is 19.3 Å². The smallest absolute Gasteiger partial charge is 0.350 e. The number of ether oxygens (including phenoxy) is 1. The minimum atomic E-state index is -0.603. The molecule has 0 N–H and O–H groups in total. The standard InChI is InChI=1S/C17H20FN5O4/c1-27-17-15(23(25)26)11-22(19-17)12-16(24)21-8-6-20(7-9-21)10-13-4-2-3-5-14(13)18/h2-5,11H,6-10,12H2,1H3. The van der Waals surface area contributed by atoms with Crippen LogP contribution in [0.3, 0.4) is 0 Å². The average Bonchev–Trinajstić information content (AvgIpc) is 3.07. The van der Waals surface area contributed by atoms with Crippen molar-refractivity contribution < 1.29 is 18.8 Å². The molecule has 1 aromatic heterocycles. The van der Waals surface area contributed by atoms with Gasteiger partial charge in [0.2, 0.25) is 5.91 Å². The molecule has 0 saturated carbocycles. The van der Waals surface area contributed by atoms with Crippen molar-refractivity contribution in [2.75, 3.05) is 33.3 Å². The van der Waals surface area contributed by atoms with Crippen LogP contribution in [0.15, 0.2) is 30.5 Å². The minimum absolute atomic E-state index is 0.0997. The minimum Gasteiger partial charge on any atom is -0.475 e. The second-order valence-electron chi connectivity index (χ2n) is 6.23. The van der Waals surface area contributed by atoms with Gasteiger partial charge in [-0.2, -0.15) is 0 Å². The topological polar surface area (TPSA) is 93.7 Å². The van der Waals surface area contributed by atoms with Gasteiger partial charge in [-0.3, -0.25) is 24.5 Å². The molecule has 144 valence electrons. The van der Waals surface area contributed by atoms with Crippen molar-refractivity contribution in [1.29, 1.82) is 0 Å². The number of carbonyl (C=O) groups is 1. The van der Waals surface area contributed by atoms with Crippen LogP contribution in [0, 0.1) is 15.9 Å². The number of methoxy groups -OCH3 is 1. The number of nitrogens with zero attached hydrogens (tertiary/aromatic N) is 5. The Morgan fingerprint density at radius 3 is 2.59 bits per heavy atom. The molecule has 0 spiro atoms. The molecule has 1 aromatic carbocycles. The highest BCUT2D eigenvalue weighted by atomic mass is 19.1. The summed E-state index contributed by atoms with van der Waals surface area (Å²) in [5.41, 5.74) is 0.355. The summed E-state index contributed by atoms with van der Waals surface area (Å²) in [5, 5.41) is 14.9. The molecule has 1 aliphatic heterocycles. The number of hydrogen-bond donors (Lipinski definition) is 0. The zero-order valence-corrected chi connectivity index (χ0v) is 14.9. The highest BCUT2D eigenvalue weighted by Crippen LogP contribution is 2.24. The Morgan fingerprint density at radius 2 is 2.00 bits per heavy atom. The van der Waals surface area contributed by atoms with Crippen molar-refractivity contribution in [1.82, 2.24) is 19.6 Å². The third-order valence-electron chi connectivity index (χ3n) is 4.47. The fraction of sp³-hybridized carbons (Fsp3) is 0.412. The Balaban J connectivity index is 1.54. The van der Waals surface area contributed by atoms with Crippen LogP contribution < -0.4 is 4.74 Å². The van der Waals surface area contributed by atoms with Crippen LogP contribution in [0.1, 0.15) is 5.56 Å². The Bertz CT molecular complexity index is 832. The molecule has 0 radical (unpaired) electrons. The number of amides is 1. The van der Waals surface area contributed by atoms with E-state index in [1.54, 1.807) is 23.1 Å². The Morgan fingerprint density at radius 1 is 1.30 bits per heavy atom. The number of piperazine rings is 1. The molecule has 0 unspecified atom stereocenters. The molecule has 27 heavy (non-hydrogen) atoms. The van der Waals surface area contributed by atoms with Gasteiger partial charge in [0, 0.05) is 38.3 Å². The number of aromatic nitrogens is 2. The number of benzene rings is 1. The average molecular weight is 377 g/mol. The van der Waals surface area contributed by atoms with E-state index in [1.165, 1.54) is 24.1 Å². The van der Waals surface area contributed by atoms with Gasteiger partial charge in [0.05, 0.1) is 12.0 Å². The van der Waals surface area contributed by atoms with Gasteiger partial charge in [0.15, 0.2) is 0 Å². The molecule has 0 bridgehead atoms. The van der Waals surface area contributed by atoms with Gasteiger partial charge in [-0.05, 0) is 6.07 Å². The molecule has 2 aromatic rings. The maximum absolute atomic E-state index is 13.8. The SMILES string of the molecule is COc1nn(CC(=O)N2CCN(Cc3ccccc3F)CC2)cc1[N+](=O)[O-]. The molecule has 1 saturated heterocycles. The molecule has 3 rings (SSSR count). The summed E-state index contributed by atoms with van der Waals surface area (Å²) in [6.07, 6.45) is 1.19. The lowest BCUT2D eigenvalue weighted by atomic mass is 10.2. The van der Waals surface area contributed by atoms with Crippen LogP contribution >= 0.6 is 0 Å². The van der Waals surface area contributed by atoms with Crippen LogP contribution in [0.4, 0.5) is 10.1 Å². The van der Waals surface area contributed by atoms with E-state index in [1.807, 2.05) is 0 Å². The lowest BCUT2D eigenvalue weighted by Gasteiger charge is -2.34. The van der Waals surface area contributed by atoms with Crippen molar-refractivity contribution in [3.63, 3.8) is 0 Å². The van der Waals surface area contributed by atoms with Crippen molar-refractivity contribution in [3.8, 4) is 5.88 Å². The van der Waals surface area contributed by atoms with Crippen molar-refractivity contribution in [3.05, 3.63) is 52.0 Å². The number of rotatable bonds is 6. The quantitative estimate of drug-likeness (QED) is 0.556. The van der Waals surface area contributed by atoms with E-state index in [2.05, 4.69) is 10.00 Å². The predicted molar refractivity (Wildman–Crippen MR) is 93.7 cm³/mol. The summed E-state index contributed by atoms with van der Waals surface area (Å²) >= 11 is 0. The maximum Gasteiger partial charge on any atom is 0.350 e. The first-order valence-corrected chi connectivity index (χ1v) is 8.47. The van der Waals surface area contributed by atoms with E-state index in [4.69, 9.17) is 4.74 Å². The molecule has 9 nitrogen and oxygen atoms in total. The second-order valence-corrected chi connectivity index (χ2v) is 6.23. The summed E-state index contributed by atoms with van der Waals surface area (Å²) in [7, 11) is 1.29. The summed E-state index contributed by atoms with van der Waals surface area (Å²) in [6.45, 7) is 2.67. The number of nitro groups is 1. The van der Waals surface area contributed by atoms with Crippen molar-refractivity contribution in [2.45, 2.75) is 13.1 Å². The summed E-state index contributed by atoms with van der Waals surface area (Å²) in [6, 6.07) is 6.65. The predicted octanol–water partition coefficient (Wildman–Crippen LogP) is 1.28. The normalized spacial score (nSPS) is 15.0. The molecule has 0 atom stereocenters. The van der Waals surface area contributed by atoms with Crippen molar-refractivity contribution >= 4 is 11.6 Å². The summed E-state index contributed by atoms with van der Waals surface area (Å²) in [4.78, 5) is 26.5. The summed E-state index contributed by atoms with van der Waals surface area (Å²) < 4.78 is 19.8. The lowest BCUT2D eigenvalue weighted by Crippen LogP contribution is -2.49. The molecule has 1 amide bonds. The van der Waals surface area contributed by atoms with Gasteiger partial charge in [-0.1, -0.05) is 18.2 Å². The first-order valence-electron chi connectivity index (χ1n) is 8.47. The second kappa shape index (κ2) is 8.12. The fourth-order valence-corrected chi connectivity index (χ4v) is 3.01. The molecule has 1 aliphatic rings. The third-order valence-corrected chi connectivity index (χ3v) is 4.47. The van der Waals surface area contributed by atoms with Gasteiger partial charge in [-0.25, -0.2) is 4.39 Å². The number of carbonyl (C=O) groups excluding carboxylic acids is 1. The van der Waals surface area contributed by atoms with E-state index in [0.29, 0.717) is 38.3 Å². The van der Waals surface area contributed by atoms with E-state index < -0.39 is 4.92 Å². The van der Waals surface area contributed by atoms with Crippen LogP contribution in [0.25, 0.3) is 0 Å². The van der Waals surface area contributed by atoms with Crippen LogP contribution in [-0.4, -0.2) is 63.7 Å². The number of halogens is 1. The first kappa shape index (κ1) is 18.8. The molecule has 2 heterocycles. The molecular formula is C17H20FN5O4.